The fourth-order valence-electron chi connectivity index (χ4n) is 0.901. The molecule has 1 heterocycles. The Bertz CT molecular complexity index is 298. The first-order valence-electron chi connectivity index (χ1n) is 3.64. The smallest absolute Gasteiger partial charge is 0.217 e. The summed E-state index contributed by atoms with van der Waals surface area (Å²) >= 11 is 0. The molecular weight excluding hydrogens is 159 g/mol. The molecule has 0 spiro atoms. The van der Waals surface area contributed by atoms with E-state index in [2.05, 4.69) is 5.10 Å². The fraction of sp³-hybridized carbons (Fsp3) is 0.500. The fourth-order valence-corrected chi connectivity index (χ4v) is 0.901. The van der Waals surface area contributed by atoms with Crippen molar-refractivity contribution in [2.24, 2.45) is 7.05 Å². The lowest BCUT2D eigenvalue weighted by atomic mass is 10.0. The lowest BCUT2D eigenvalue weighted by Crippen LogP contribution is -2.27. The van der Waals surface area contributed by atoms with Crippen LogP contribution in [0.1, 0.15) is 24.3 Å². The second kappa shape index (κ2) is 2.69. The van der Waals surface area contributed by atoms with Crippen LogP contribution < -0.4 is 0 Å². The Labute approximate surface area is 70.2 Å². The summed E-state index contributed by atoms with van der Waals surface area (Å²) in [4.78, 5) is 11.3. The molecular formula is C8H11FN2O. The second-order valence-corrected chi connectivity index (χ2v) is 3.14. The summed E-state index contributed by atoms with van der Waals surface area (Å²) in [6, 6.07) is 1.50. The Morgan fingerprint density at radius 2 is 2.25 bits per heavy atom. The molecule has 1 aromatic rings. The summed E-state index contributed by atoms with van der Waals surface area (Å²) in [5, 5.41) is 3.78. The average Bonchev–Trinajstić information content (AvgIpc) is 2.31. The van der Waals surface area contributed by atoms with Gasteiger partial charge in [-0.3, -0.25) is 9.48 Å². The van der Waals surface area contributed by atoms with Crippen LogP contribution in [0.2, 0.25) is 0 Å². The summed E-state index contributed by atoms with van der Waals surface area (Å²) in [7, 11) is 1.61. The summed E-state index contributed by atoms with van der Waals surface area (Å²) in [6.45, 7) is 2.48. The van der Waals surface area contributed by atoms with Gasteiger partial charge in [-0.05, 0) is 19.9 Å². The van der Waals surface area contributed by atoms with Crippen molar-refractivity contribution in [2.75, 3.05) is 0 Å². The first-order valence-corrected chi connectivity index (χ1v) is 3.64. The van der Waals surface area contributed by atoms with Gasteiger partial charge in [-0.25, -0.2) is 4.39 Å². The average molecular weight is 170 g/mol. The van der Waals surface area contributed by atoms with Crippen LogP contribution in [0.4, 0.5) is 4.39 Å². The lowest BCUT2D eigenvalue weighted by Gasteiger charge is -2.11. The number of carbonyl (C=O) groups is 1. The number of Topliss-reactive ketones (excluding diaryl/α,β-unsaturated/α-hetero) is 1. The maximum atomic E-state index is 13.1. The number of ketones is 1. The van der Waals surface area contributed by atoms with Crippen molar-refractivity contribution in [1.82, 2.24) is 9.78 Å². The van der Waals surface area contributed by atoms with Crippen LogP contribution in [0.15, 0.2) is 12.3 Å². The Balaban J connectivity index is 3.01. The molecule has 0 unspecified atom stereocenters. The first-order chi connectivity index (χ1) is 5.43. The van der Waals surface area contributed by atoms with Crippen LogP contribution in [0, 0.1) is 0 Å². The number of halogens is 1. The van der Waals surface area contributed by atoms with Gasteiger partial charge in [-0.1, -0.05) is 0 Å². The molecule has 1 rings (SSSR count). The van der Waals surface area contributed by atoms with E-state index < -0.39 is 11.5 Å². The van der Waals surface area contributed by atoms with Gasteiger partial charge in [-0.2, -0.15) is 5.10 Å². The van der Waals surface area contributed by atoms with Crippen molar-refractivity contribution in [2.45, 2.75) is 19.5 Å². The van der Waals surface area contributed by atoms with Gasteiger partial charge in [0.25, 0.3) is 0 Å². The zero-order valence-electron chi connectivity index (χ0n) is 7.34. The predicted octanol–water partition coefficient (Wildman–Crippen LogP) is 1.35. The van der Waals surface area contributed by atoms with E-state index in [1.54, 1.807) is 7.05 Å². The molecule has 0 aliphatic heterocycles. The highest BCUT2D eigenvalue weighted by molar-refractivity contribution is 6.00. The molecule has 66 valence electrons. The summed E-state index contributed by atoms with van der Waals surface area (Å²) in [5.74, 6) is -0.539. The number of hydrogen-bond acceptors (Lipinski definition) is 2. The van der Waals surface area contributed by atoms with Crippen molar-refractivity contribution in [1.29, 1.82) is 0 Å². The largest absolute Gasteiger partial charge is 0.289 e. The second-order valence-electron chi connectivity index (χ2n) is 3.14. The molecule has 0 aliphatic rings. The molecule has 0 aromatic carbocycles. The van der Waals surface area contributed by atoms with Crippen LogP contribution in [0.5, 0.6) is 0 Å². The summed E-state index contributed by atoms with van der Waals surface area (Å²) in [5.41, 5.74) is -1.53. The Morgan fingerprint density at radius 1 is 1.67 bits per heavy atom. The number of aromatic nitrogens is 2. The van der Waals surface area contributed by atoms with Crippen molar-refractivity contribution in [3.8, 4) is 0 Å². The third-order valence-corrected chi connectivity index (χ3v) is 1.59. The summed E-state index contributed by atoms with van der Waals surface area (Å²) < 4.78 is 14.5. The summed E-state index contributed by atoms with van der Waals surface area (Å²) in [6.07, 6.45) is 1.47. The maximum absolute atomic E-state index is 13.1. The Kier molecular flexibility index (Phi) is 2.00. The number of aryl methyl sites for hydroxylation is 1. The third-order valence-electron chi connectivity index (χ3n) is 1.59. The van der Waals surface area contributed by atoms with Crippen LogP contribution in [-0.4, -0.2) is 21.2 Å². The molecule has 0 fully saturated rings. The van der Waals surface area contributed by atoms with E-state index in [1.807, 2.05) is 0 Å². The molecule has 0 amide bonds. The lowest BCUT2D eigenvalue weighted by molar-refractivity contribution is 0.0749. The van der Waals surface area contributed by atoms with E-state index in [-0.39, 0.29) is 0 Å². The molecule has 0 radical (unpaired) electrons. The highest BCUT2D eigenvalue weighted by atomic mass is 19.1. The zero-order valence-corrected chi connectivity index (χ0v) is 7.34. The molecule has 12 heavy (non-hydrogen) atoms. The quantitative estimate of drug-likeness (QED) is 0.628. The Hall–Kier alpha value is -1.19. The minimum atomic E-state index is -1.83. The number of alkyl halides is 1. The highest BCUT2D eigenvalue weighted by Crippen LogP contribution is 2.15. The van der Waals surface area contributed by atoms with E-state index in [0.717, 1.165) is 0 Å². The normalized spacial score (nSPS) is 11.7. The van der Waals surface area contributed by atoms with E-state index in [0.29, 0.717) is 5.69 Å². The van der Waals surface area contributed by atoms with Gasteiger partial charge in [-0.15, -0.1) is 0 Å². The van der Waals surface area contributed by atoms with E-state index in [1.165, 1.54) is 30.8 Å². The van der Waals surface area contributed by atoms with Crippen LogP contribution in [-0.2, 0) is 7.05 Å². The van der Waals surface area contributed by atoms with Gasteiger partial charge in [0.1, 0.15) is 5.69 Å². The number of nitrogens with zero attached hydrogens (tertiary/aromatic N) is 2. The van der Waals surface area contributed by atoms with Gasteiger partial charge in [0, 0.05) is 13.2 Å². The predicted molar refractivity (Wildman–Crippen MR) is 42.7 cm³/mol. The highest BCUT2D eigenvalue weighted by Gasteiger charge is 2.29. The minimum Gasteiger partial charge on any atom is -0.289 e. The SMILES string of the molecule is Cn1nccc1C(=O)C(C)(C)F. The molecule has 0 aliphatic carbocycles. The monoisotopic (exact) mass is 170 g/mol. The van der Waals surface area contributed by atoms with E-state index in [4.69, 9.17) is 0 Å². The van der Waals surface area contributed by atoms with Crippen LogP contribution in [0.3, 0.4) is 0 Å². The van der Waals surface area contributed by atoms with Gasteiger partial charge in [0.15, 0.2) is 5.67 Å². The molecule has 0 bridgehead atoms. The molecule has 0 atom stereocenters. The van der Waals surface area contributed by atoms with Crippen molar-refractivity contribution in [3.05, 3.63) is 18.0 Å². The Morgan fingerprint density at radius 3 is 2.58 bits per heavy atom. The standard InChI is InChI=1S/C8H11FN2O/c1-8(2,9)7(12)6-4-5-10-11(6)3/h4-5H,1-3H3. The molecule has 0 N–H and O–H groups in total. The van der Waals surface area contributed by atoms with E-state index >= 15 is 0 Å². The number of hydrogen-bond donors (Lipinski definition) is 0. The maximum Gasteiger partial charge on any atom is 0.217 e. The van der Waals surface area contributed by atoms with Crippen molar-refractivity contribution >= 4 is 5.78 Å². The molecule has 0 saturated carbocycles. The molecule has 4 heteroatoms. The van der Waals surface area contributed by atoms with Gasteiger partial charge < -0.3 is 0 Å². The van der Waals surface area contributed by atoms with Gasteiger partial charge in [0.05, 0.1) is 0 Å². The van der Waals surface area contributed by atoms with Crippen LogP contribution >= 0.6 is 0 Å². The molecule has 1 aromatic heterocycles. The number of carbonyl (C=O) groups excluding carboxylic acids is 1. The van der Waals surface area contributed by atoms with Gasteiger partial charge >= 0.3 is 0 Å². The zero-order chi connectivity index (χ0) is 9.35. The topological polar surface area (TPSA) is 34.9 Å². The number of rotatable bonds is 2. The van der Waals surface area contributed by atoms with Crippen LogP contribution in [0.25, 0.3) is 0 Å². The third kappa shape index (κ3) is 1.52. The molecule has 3 nitrogen and oxygen atoms in total. The van der Waals surface area contributed by atoms with Gasteiger partial charge in [0.2, 0.25) is 5.78 Å². The minimum absolute atomic E-state index is 0.294. The van der Waals surface area contributed by atoms with Crippen molar-refractivity contribution in [3.63, 3.8) is 0 Å². The first kappa shape index (κ1) is 8.90. The van der Waals surface area contributed by atoms with Crippen molar-refractivity contribution < 1.29 is 9.18 Å². The molecule has 0 saturated heterocycles. The van der Waals surface area contributed by atoms with E-state index in [9.17, 15) is 9.18 Å².